The van der Waals surface area contributed by atoms with E-state index in [4.69, 9.17) is 5.73 Å². The molecule has 3 unspecified atom stereocenters. The van der Waals surface area contributed by atoms with E-state index in [2.05, 4.69) is 10.6 Å². The molecule has 3 aliphatic rings. The second-order valence-electron chi connectivity index (χ2n) is 6.69. The first kappa shape index (κ1) is 16.6. The van der Waals surface area contributed by atoms with Gasteiger partial charge in [-0.25, -0.2) is 0 Å². The summed E-state index contributed by atoms with van der Waals surface area (Å²) in [7, 11) is 0. The summed E-state index contributed by atoms with van der Waals surface area (Å²) in [5.41, 5.74) is 6.26. The van der Waals surface area contributed by atoms with Crippen molar-refractivity contribution in [2.24, 2.45) is 23.5 Å². The summed E-state index contributed by atoms with van der Waals surface area (Å²) in [6.45, 7) is 0.730. The van der Waals surface area contributed by atoms with Crippen molar-refractivity contribution in [1.29, 1.82) is 0 Å². The number of fused-ring (bicyclic) bond motifs is 2. The number of hydrogen-bond donors (Lipinski definition) is 3. The molecule has 3 fully saturated rings. The third-order valence-corrected chi connectivity index (χ3v) is 5.39. The van der Waals surface area contributed by atoms with Gasteiger partial charge in [0.15, 0.2) is 0 Å². The van der Waals surface area contributed by atoms with Crippen LogP contribution in [0.25, 0.3) is 0 Å². The molecule has 0 aromatic carbocycles. The number of nitrogens with one attached hydrogen (secondary N) is 2. The molecule has 1 heterocycles. The van der Waals surface area contributed by atoms with Gasteiger partial charge in [-0.15, -0.1) is 12.4 Å². The van der Waals surface area contributed by atoms with E-state index in [1.54, 1.807) is 0 Å². The molecular formula is C15H26ClN3O2. The van der Waals surface area contributed by atoms with Crippen LogP contribution in [-0.2, 0) is 9.59 Å². The molecule has 0 spiro atoms. The Kier molecular flexibility index (Phi) is 5.49. The fourth-order valence-corrected chi connectivity index (χ4v) is 4.20. The minimum absolute atomic E-state index is 0. The second-order valence-corrected chi connectivity index (χ2v) is 6.69. The fraction of sp³-hybridized carbons (Fsp3) is 0.867. The van der Waals surface area contributed by atoms with Crippen molar-refractivity contribution in [1.82, 2.24) is 10.6 Å². The monoisotopic (exact) mass is 315 g/mol. The third-order valence-electron chi connectivity index (χ3n) is 5.39. The first-order valence-corrected chi connectivity index (χ1v) is 7.99. The Balaban J connectivity index is 0.00000161. The molecule has 2 bridgehead atoms. The average Bonchev–Trinajstić information content (AvgIpc) is 2.41. The van der Waals surface area contributed by atoms with Crippen molar-refractivity contribution in [3.8, 4) is 0 Å². The predicted molar refractivity (Wildman–Crippen MR) is 83.0 cm³/mol. The van der Waals surface area contributed by atoms with E-state index >= 15 is 0 Å². The number of rotatable bonds is 2. The van der Waals surface area contributed by atoms with Gasteiger partial charge in [-0.3, -0.25) is 9.59 Å². The van der Waals surface area contributed by atoms with Gasteiger partial charge in [0.2, 0.25) is 11.8 Å². The Labute approximate surface area is 132 Å². The number of carbonyl (C=O) groups is 2. The van der Waals surface area contributed by atoms with Crippen LogP contribution in [0.1, 0.15) is 44.9 Å². The summed E-state index contributed by atoms with van der Waals surface area (Å²) in [4.78, 5) is 24.1. The minimum Gasteiger partial charge on any atom is -0.354 e. The highest BCUT2D eigenvalue weighted by atomic mass is 35.5. The highest BCUT2D eigenvalue weighted by molar-refractivity contribution is 5.89. The van der Waals surface area contributed by atoms with E-state index in [1.165, 1.54) is 6.42 Å². The van der Waals surface area contributed by atoms with Crippen LogP contribution in [0.3, 0.4) is 0 Å². The number of carbonyl (C=O) groups excluding carboxylic acids is 2. The van der Waals surface area contributed by atoms with Gasteiger partial charge in [0.25, 0.3) is 0 Å². The van der Waals surface area contributed by atoms with E-state index in [0.717, 1.165) is 45.1 Å². The Bertz CT molecular complexity index is 390. The highest BCUT2D eigenvalue weighted by Gasteiger charge is 2.41. The molecule has 1 saturated heterocycles. The molecule has 3 atom stereocenters. The summed E-state index contributed by atoms with van der Waals surface area (Å²) >= 11 is 0. The first-order chi connectivity index (χ1) is 9.65. The normalized spacial score (nSPS) is 38.9. The molecule has 0 aromatic heterocycles. The van der Waals surface area contributed by atoms with Gasteiger partial charge in [-0.1, -0.05) is 6.42 Å². The zero-order chi connectivity index (χ0) is 14.1. The lowest BCUT2D eigenvalue weighted by Gasteiger charge is -2.43. The molecule has 1 aliphatic heterocycles. The van der Waals surface area contributed by atoms with E-state index in [-0.39, 0.29) is 42.2 Å². The van der Waals surface area contributed by atoms with Crippen LogP contribution in [0.4, 0.5) is 0 Å². The third kappa shape index (κ3) is 3.51. The maximum Gasteiger partial charge on any atom is 0.242 e. The van der Waals surface area contributed by atoms with Crippen LogP contribution in [-0.4, -0.2) is 30.4 Å². The SMILES string of the molecule is Cl.NC1C2CCCC1CC(C(=O)NC1CCCNC1=O)C2. The van der Waals surface area contributed by atoms with E-state index < -0.39 is 0 Å². The maximum absolute atomic E-state index is 12.4. The number of amides is 2. The molecule has 2 saturated carbocycles. The second kappa shape index (κ2) is 6.97. The van der Waals surface area contributed by atoms with E-state index in [0.29, 0.717) is 11.8 Å². The van der Waals surface area contributed by atoms with Crippen molar-refractivity contribution in [2.45, 2.75) is 57.0 Å². The van der Waals surface area contributed by atoms with Crippen molar-refractivity contribution in [3.05, 3.63) is 0 Å². The minimum atomic E-state index is -0.327. The quantitative estimate of drug-likeness (QED) is 0.709. The summed E-state index contributed by atoms with van der Waals surface area (Å²) in [5.74, 6) is 1.09. The molecule has 4 N–H and O–H groups in total. The van der Waals surface area contributed by atoms with Crippen molar-refractivity contribution >= 4 is 24.2 Å². The van der Waals surface area contributed by atoms with Crippen molar-refractivity contribution < 1.29 is 9.59 Å². The number of halogens is 1. The molecule has 2 amide bonds. The standard InChI is InChI=1S/C15H25N3O2.ClH/c16-13-9-3-1-4-10(13)8-11(7-9)14(19)18-12-5-2-6-17-15(12)20;/h9-13H,1-8,16H2,(H,17,20)(H,18,19);1H. The number of piperidine rings is 1. The van der Waals surface area contributed by atoms with E-state index in [9.17, 15) is 9.59 Å². The van der Waals surface area contributed by atoms with Crippen LogP contribution in [0.5, 0.6) is 0 Å². The zero-order valence-corrected chi connectivity index (χ0v) is 13.2. The van der Waals surface area contributed by atoms with Gasteiger partial charge in [0, 0.05) is 18.5 Å². The smallest absolute Gasteiger partial charge is 0.242 e. The van der Waals surface area contributed by atoms with Gasteiger partial charge in [0.05, 0.1) is 0 Å². The van der Waals surface area contributed by atoms with Gasteiger partial charge in [-0.05, 0) is 50.4 Å². The average molecular weight is 316 g/mol. The van der Waals surface area contributed by atoms with Crippen LogP contribution in [0.2, 0.25) is 0 Å². The summed E-state index contributed by atoms with van der Waals surface area (Å²) in [5, 5.41) is 5.76. The molecule has 0 aromatic rings. The van der Waals surface area contributed by atoms with Crippen molar-refractivity contribution in [3.63, 3.8) is 0 Å². The van der Waals surface area contributed by atoms with Gasteiger partial charge < -0.3 is 16.4 Å². The maximum atomic E-state index is 12.4. The number of nitrogens with two attached hydrogens (primary N) is 1. The Hall–Kier alpha value is -0.810. The fourth-order valence-electron chi connectivity index (χ4n) is 4.20. The number of hydrogen-bond acceptors (Lipinski definition) is 3. The van der Waals surface area contributed by atoms with Crippen molar-refractivity contribution in [2.75, 3.05) is 6.54 Å². The molecule has 6 heteroatoms. The molecule has 0 radical (unpaired) electrons. The molecule has 2 aliphatic carbocycles. The molecule has 21 heavy (non-hydrogen) atoms. The zero-order valence-electron chi connectivity index (χ0n) is 12.3. The molecule has 3 rings (SSSR count). The van der Waals surface area contributed by atoms with Crippen LogP contribution in [0.15, 0.2) is 0 Å². The Morgan fingerprint density at radius 1 is 1.14 bits per heavy atom. The van der Waals surface area contributed by atoms with E-state index in [1.807, 2.05) is 0 Å². The molecular weight excluding hydrogens is 290 g/mol. The van der Waals surface area contributed by atoms with Gasteiger partial charge in [-0.2, -0.15) is 0 Å². The lowest BCUT2D eigenvalue weighted by molar-refractivity contribution is -0.133. The highest BCUT2D eigenvalue weighted by Crippen LogP contribution is 2.41. The van der Waals surface area contributed by atoms with Gasteiger partial charge in [0.1, 0.15) is 6.04 Å². The lowest BCUT2D eigenvalue weighted by Crippen LogP contribution is -2.54. The predicted octanol–water partition coefficient (Wildman–Crippen LogP) is 0.957. The lowest BCUT2D eigenvalue weighted by atomic mass is 9.65. The van der Waals surface area contributed by atoms with Crippen LogP contribution >= 0.6 is 12.4 Å². The summed E-state index contributed by atoms with van der Waals surface area (Å²) < 4.78 is 0. The van der Waals surface area contributed by atoms with Gasteiger partial charge >= 0.3 is 0 Å². The topological polar surface area (TPSA) is 84.2 Å². The molecule has 5 nitrogen and oxygen atoms in total. The summed E-state index contributed by atoms with van der Waals surface area (Å²) in [6, 6.07) is -0.0440. The first-order valence-electron chi connectivity index (χ1n) is 7.99. The Morgan fingerprint density at radius 2 is 1.81 bits per heavy atom. The summed E-state index contributed by atoms with van der Waals surface area (Å²) in [6.07, 6.45) is 7.07. The van der Waals surface area contributed by atoms with Crippen LogP contribution < -0.4 is 16.4 Å². The largest absolute Gasteiger partial charge is 0.354 e. The Morgan fingerprint density at radius 3 is 2.43 bits per heavy atom. The molecule has 120 valence electrons. The van der Waals surface area contributed by atoms with Crippen LogP contribution in [0, 0.1) is 17.8 Å².